The molecule has 0 amide bonds. The summed E-state index contributed by atoms with van der Waals surface area (Å²) in [4.78, 5) is 0. The molecule has 0 saturated heterocycles. The second-order valence-electron chi connectivity index (χ2n) is 6.42. The van der Waals surface area contributed by atoms with Crippen LogP contribution >= 0.6 is 23.2 Å². The van der Waals surface area contributed by atoms with E-state index in [1.54, 1.807) is 26.4 Å². The maximum atomic E-state index is 6.27. The van der Waals surface area contributed by atoms with Gasteiger partial charge in [0.25, 0.3) is 0 Å². The molecule has 7 heteroatoms. The Balaban J connectivity index is 0.00000320. The van der Waals surface area contributed by atoms with Gasteiger partial charge in [0, 0.05) is 34.3 Å². The molecule has 3 aromatic carbocycles. The fourth-order valence-corrected chi connectivity index (χ4v) is 3.36. The average Bonchev–Trinajstić information content (AvgIpc) is 2.74. The van der Waals surface area contributed by atoms with Crippen LogP contribution < -0.4 is 31.9 Å². The van der Waals surface area contributed by atoms with Gasteiger partial charge in [-0.25, -0.2) is 0 Å². The summed E-state index contributed by atoms with van der Waals surface area (Å²) in [7, 11) is 3.29. The minimum absolute atomic E-state index is 0. The van der Waals surface area contributed by atoms with E-state index in [9.17, 15) is 0 Å². The number of benzene rings is 3. The van der Waals surface area contributed by atoms with Crippen LogP contribution in [-0.4, -0.2) is 14.2 Å². The van der Waals surface area contributed by atoms with Crippen molar-refractivity contribution in [3.05, 3.63) is 87.4 Å². The van der Waals surface area contributed by atoms with Crippen molar-refractivity contribution in [2.75, 3.05) is 14.2 Å². The first-order chi connectivity index (χ1) is 14.1. The highest BCUT2D eigenvalue weighted by molar-refractivity contribution is 6.35. The molecule has 0 saturated carbocycles. The monoisotopic (exact) mass is 466 g/mol. The Morgan fingerprint density at radius 2 is 1.60 bits per heavy atom. The van der Waals surface area contributed by atoms with E-state index < -0.39 is 0 Å². The summed E-state index contributed by atoms with van der Waals surface area (Å²) in [5.74, 6) is 2.22. The van der Waals surface area contributed by atoms with Crippen molar-refractivity contribution < 1.29 is 26.6 Å². The first-order valence-electron chi connectivity index (χ1n) is 9.17. The van der Waals surface area contributed by atoms with Gasteiger partial charge in [0.15, 0.2) is 11.5 Å². The molecule has 160 valence electrons. The van der Waals surface area contributed by atoms with E-state index in [4.69, 9.17) is 37.4 Å². The zero-order chi connectivity index (χ0) is 20.6. The first kappa shape index (κ1) is 24.2. The van der Waals surface area contributed by atoms with Crippen molar-refractivity contribution in [1.82, 2.24) is 5.32 Å². The molecule has 0 aromatic heterocycles. The molecule has 0 radical (unpaired) electrons. The van der Waals surface area contributed by atoms with Gasteiger partial charge in [-0.1, -0.05) is 53.5 Å². The van der Waals surface area contributed by atoms with Crippen molar-refractivity contribution in [3.63, 3.8) is 0 Å². The topological polar surface area (TPSA) is 39.7 Å². The number of hydrogen-bond acceptors (Lipinski definition) is 4. The second kappa shape index (κ2) is 11.9. The molecule has 0 aliphatic heterocycles. The minimum atomic E-state index is 0. The number of nitrogens with one attached hydrogen (secondary N) is 1. The SMILES string of the molecule is COc1ccc(CNCc2cccc(OC)c2OCc2ccc(Cl)cc2Cl)cc1.[Cl-]. The van der Waals surface area contributed by atoms with E-state index in [1.165, 1.54) is 5.56 Å². The zero-order valence-electron chi connectivity index (χ0n) is 16.8. The van der Waals surface area contributed by atoms with Crippen LogP contribution in [-0.2, 0) is 19.7 Å². The first-order valence-corrected chi connectivity index (χ1v) is 9.92. The van der Waals surface area contributed by atoms with E-state index >= 15 is 0 Å². The van der Waals surface area contributed by atoms with Crippen molar-refractivity contribution in [2.45, 2.75) is 19.7 Å². The molecular weight excluding hydrogens is 445 g/mol. The van der Waals surface area contributed by atoms with E-state index in [0.29, 0.717) is 34.7 Å². The summed E-state index contributed by atoms with van der Waals surface area (Å²) >= 11 is 12.2. The standard InChI is InChI=1S/C23H23Cl2NO3.ClH/c1-27-20-10-6-16(7-11-20)13-26-14-17-4-3-5-22(28-2)23(17)29-15-18-8-9-19(24)12-21(18)25;/h3-12,26H,13-15H2,1-2H3;1H/p-1. The molecule has 0 unspecified atom stereocenters. The molecule has 0 heterocycles. The zero-order valence-corrected chi connectivity index (χ0v) is 19.0. The minimum Gasteiger partial charge on any atom is -1.00 e. The van der Waals surface area contributed by atoms with E-state index in [-0.39, 0.29) is 12.4 Å². The molecule has 3 aromatic rings. The highest BCUT2D eigenvalue weighted by atomic mass is 35.5. The summed E-state index contributed by atoms with van der Waals surface area (Å²) in [6, 6.07) is 19.2. The molecular formula is C23H23Cl3NO3-. The molecule has 0 fully saturated rings. The summed E-state index contributed by atoms with van der Waals surface area (Å²) < 4.78 is 16.8. The molecule has 1 N–H and O–H groups in total. The maximum absolute atomic E-state index is 6.27. The average molecular weight is 468 g/mol. The van der Waals surface area contributed by atoms with Crippen molar-refractivity contribution >= 4 is 23.2 Å². The highest BCUT2D eigenvalue weighted by Crippen LogP contribution is 2.33. The van der Waals surface area contributed by atoms with Gasteiger partial charge in [0.2, 0.25) is 0 Å². The molecule has 0 aliphatic carbocycles. The Hall–Kier alpha value is -2.11. The van der Waals surface area contributed by atoms with E-state index in [2.05, 4.69) is 5.32 Å². The van der Waals surface area contributed by atoms with Gasteiger partial charge < -0.3 is 31.9 Å². The van der Waals surface area contributed by atoms with Crippen LogP contribution in [0.2, 0.25) is 10.0 Å². The number of methoxy groups -OCH3 is 2. The lowest BCUT2D eigenvalue weighted by atomic mass is 10.1. The Labute approximate surface area is 193 Å². The van der Waals surface area contributed by atoms with Crippen LogP contribution in [0.25, 0.3) is 0 Å². The number of para-hydroxylation sites is 1. The Morgan fingerprint density at radius 1 is 0.833 bits per heavy atom. The van der Waals surface area contributed by atoms with Crippen LogP contribution in [0.4, 0.5) is 0 Å². The number of halogens is 3. The third kappa shape index (κ3) is 6.44. The van der Waals surface area contributed by atoms with Gasteiger partial charge in [-0.15, -0.1) is 0 Å². The molecule has 0 bridgehead atoms. The molecule has 0 atom stereocenters. The lowest BCUT2D eigenvalue weighted by Crippen LogP contribution is -3.00. The highest BCUT2D eigenvalue weighted by Gasteiger charge is 2.12. The van der Waals surface area contributed by atoms with Gasteiger partial charge in [0.05, 0.1) is 14.2 Å². The van der Waals surface area contributed by atoms with Gasteiger partial charge in [-0.2, -0.15) is 0 Å². The molecule has 30 heavy (non-hydrogen) atoms. The van der Waals surface area contributed by atoms with Crippen molar-refractivity contribution in [2.24, 2.45) is 0 Å². The number of rotatable bonds is 9. The fraction of sp³-hybridized carbons (Fsp3) is 0.217. The molecule has 0 spiro atoms. The Bertz CT molecular complexity index is 949. The smallest absolute Gasteiger partial charge is 0.166 e. The van der Waals surface area contributed by atoms with Gasteiger partial charge in [-0.3, -0.25) is 0 Å². The largest absolute Gasteiger partial charge is 1.00 e. The van der Waals surface area contributed by atoms with Gasteiger partial charge in [0.1, 0.15) is 12.4 Å². The van der Waals surface area contributed by atoms with Crippen LogP contribution in [0.5, 0.6) is 17.2 Å². The number of ether oxygens (including phenoxy) is 3. The van der Waals surface area contributed by atoms with Crippen LogP contribution in [0.1, 0.15) is 16.7 Å². The van der Waals surface area contributed by atoms with Crippen LogP contribution in [0.15, 0.2) is 60.7 Å². The fourth-order valence-electron chi connectivity index (χ4n) is 2.90. The molecule has 3 rings (SSSR count). The quantitative estimate of drug-likeness (QED) is 0.525. The third-order valence-electron chi connectivity index (χ3n) is 4.47. The molecule has 4 nitrogen and oxygen atoms in total. The number of hydrogen-bond donors (Lipinski definition) is 1. The van der Waals surface area contributed by atoms with E-state index in [1.807, 2.05) is 48.5 Å². The summed E-state index contributed by atoms with van der Waals surface area (Å²) in [6.45, 7) is 1.68. The summed E-state index contributed by atoms with van der Waals surface area (Å²) in [5, 5.41) is 4.62. The second-order valence-corrected chi connectivity index (χ2v) is 7.27. The summed E-state index contributed by atoms with van der Waals surface area (Å²) in [6.07, 6.45) is 0. The normalized spacial score (nSPS) is 10.3. The maximum Gasteiger partial charge on any atom is 0.166 e. The third-order valence-corrected chi connectivity index (χ3v) is 5.06. The predicted molar refractivity (Wildman–Crippen MR) is 117 cm³/mol. The lowest BCUT2D eigenvalue weighted by molar-refractivity contribution is -0.00000654. The Morgan fingerprint density at radius 3 is 2.27 bits per heavy atom. The van der Waals surface area contributed by atoms with Crippen molar-refractivity contribution in [3.8, 4) is 17.2 Å². The van der Waals surface area contributed by atoms with Gasteiger partial charge >= 0.3 is 0 Å². The molecule has 0 aliphatic rings. The lowest BCUT2D eigenvalue weighted by Gasteiger charge is -2.16. The van der Waals surface area contributed by atoms with Crippen molar-refractivity contribution in [1.29, 1.82) is 0 Å². The van der Waals surface area contributed by atoms with Crippen LogP contribution in [0.3, 0.4) is 0 Å². The van der Waals surface area contributed by atoms with E-state index in [0.717, 1.165) is 23.4 Å². The predicted octanol–water partition coefficient (Wildman–Crippen LogP) is 2.88. The Kier molecular flexibility index (Phi) is 9.60. The van der Waals surface area contributed by atoms with Crippen LogP contribution in [0, 0.1) is 0 Å². The summed E-state index contributed by atoms with van der Waals surface area (Å²) in [5.41, 5.74) is 3.03. The van der Waals surface area contributed by atoms with Gasteiger partial charge in [-0.05, 0) is 35.9 Å².